The van der Waals surface area contributed by atoms with Crippen molar-refractivity contribution in [1.82, 2.24) is 10.2 Å². The largest absolute Gasteiger partial charge is 0.481 e. The van der Waals surface area contributed by atoms with E-state index in [4.69, 9.17) is 5.11 Å². The van der Waals surface area contributed by atoms with Gasteiger partial charge in [0.2, 0.25) is 5.91 Å². The molecule has 0 aromatic carbocycles. The van der Waals surface area contributed by atoms with E-state index < -0.39 is 15.8 Å². The van der Waals surface area contributed by atoms with Gasteiger partial charge in [0, 0.05) is 25.9 Å². The SMILES string of the molecule is CS(=O)(=O)CCNCC(=O)N1CCC(C(=O)O)CC1. The second kappa shape index (κ2) is 6.85. The van der Waals surface area contributed by atoms with Gasteiger partial charge in [0.05, 0.1) is 18.2 Å². The van der Waals surface area contributed by atoms with E-state index in [0.29, 0.717) is 25.9 Å². The number of sulfone groups is 1. The van der Waals surface area contributed by atoms with Gasteiger partial charge in [-0.1, -0.05) is 0 Å². The van der Waals surface area contributed by atoms with Crippen LogP contribution in [0.15, 0.2) is 0 Å². The van der Waals surface area contributed by atoms with Crippen LogP contribution in [-0.4, -0.2) is 68.5 Å². The number of hydrogen-bond acceptors (Lipinski definition) is 5. The van der Waals surface area contributed by atoms with Crippen LogP contribution in [0.25, 0.3) is 0 Å². The molecule has 0 aliphatic carbocycles. The van der Waals surface area contributed by atoms with Crippen molar-refractivity contribution in [2.75, 3.05) is 38.2 Å². The fraction of sp³-hybridized carbons (Fsp3) is 0.818. The monoisotopic (exact) mass is 292 g/mol. The van der Waals surface area contributed by atoms with Crippen LogP contribution in [0.4, 0.5) is 0 Å². The number of rotatable bonds is 6. The molecule has 110 valence electrons. The van der Waals surface area contributed by atoms with Crippen molar-refractivity contribution in [2.24, 2.45) is 5.92 Å². The van der Waals surface area contributed by atoms with Gasteiger partial charge in [0.25, 0.3) is 0 Å². The zero-order valence-electron chi connectivity index (χ0n) is 11.0. The van der Waals surface area contributed by atoms with E-state index in [1.54, 1.807) is 4.90 Å². The summed E-state index contributed by atoms with van der Waals surface area (Å²) in [7, 11) is -3.02. The molecule has 1 heterocycles. The van der Waals surface area contributed by atoms with E-state index in [1.807, 2.05) is 0 Å². The third-order valence-electron chi connectivity index (χ3n) is 3.12. The predicted octanol–water partition coefficient (Wildman–Crippen LogP) is -1.06. The lowest BCUT2D eigenvalue weighted by molar-refractivity contribution is -0.145. The Morgan fingerprint density at radius 1 is 1.32 bits per heavy atom. The van der Waals surface area contributed by atoms with Gasteiger partial charge in [0.15, 0.2) is 0 Å². The van der Waals surface area contributed by atoms with E-state index >= 15 is 0 Å². The summed E-state index contributed by atoms with van der Waals surface area (Å²) in [6.07, 6.45) is 2.10. The van der Waals surface area contributed by atoms with Crippen LogP contribution in [0.2, 0.25) is 0 Å². The van der Waals surface area contributed by atoms with Crippen LogP contribution < -0.4 is 5.32 Å². The first-order valence-corrected chi connectivity index (χ1v) is 8.24. The molecule has 1 amide bonds. The number of likely N-dealkylation sites (tertiary alicyclic amines) is 1. The van der Waals surface area contributed by atoms with Crippen LogP contribution in [0.5, 0.6) is 0 Å². The summed E-state index contributed by atoms with van der Waals surface area (Å²) in [5, 5.41) is 11.6. The summed E-state index contributed by atoms with van der Waals surface area (Å²) >= 11 is 0. The normalized spacial score (nSPS) is 17.4. The second-order valence-corrected chi connectivity index (χ2v) is 7.06. The minimum absolute atomic E-state index is 0.00136. The van der Waals surface area contributed by atoms with Crippen molar-refractivity contribution in [2.45, 2.75) is 12.8 Å². The standard InChI is InChI=1S/C11H20N2O5S/c1-19(17,18)7-4-12-8-10(14)13-5-2-9(3-6-13)11(15)16/h9,12H,2-8H2,1H3,(H,15,16). The summed E-state index contributed by atoms with van der Waals surface area (Å²) in [5.41, 5.74) is 0. The highest BCUT2D eigenvalue weighted by Gasteiger charge is 2.26. The molecule has 0 bridgehead atoms. The van der Waals surface area contributed by atoms with Crippen LogP contribution in [0.1, 0.15) is 12.8 Å². The first-order chi connectivity index (χ1) is 8.79. The maximum atomic E-state index is 11.8. The van der Waals surface area contributed by atoms with Gasteiger partial charge >= 0.3 is 5.97 Å². The Labute approximate surface area is 112 Å². The molecule has 8 heteroatoms. The van der Waals surface area contributed by atoms with Crippen molar-refractivity contribution < 1.29 is 23.1 Å². The number of nitrogens with one attached hydrogen (secondary N) is 1. The molecule has 2 N–H and O–H groups in total. The van der Waals surface area contributed by atoms with E-state index in [1.165, 1.54) is 0 Å². The zero-order valence-corrected chi connectivity index (χ0v) is 11.8. The molecule has 7 nitrogen and oxygen atoms in total. The van der Waals surface area contributed by atoms with Gasteiger partial charge in [-0.15, -0.1) is 0 Å². The van der Waals surface area contributed by atoms with E-state index in [9.17, 15) is 18.0 Å². The van der Waals surface area contributed by atoms with E-state index in [-0.39, 0.29) is 30.7 Å². The van der Waals surface area contributed by atoms with E-state index in [0.717, 1.165) is 6.26 Å². The number of nitrogens with zero attached hydrogens (tertiary/aromatic N) is 1. The third-order valence-corrected chi connectivity index (χ3v) is 4.07. The van der Waals surface area contributed by atoms with Crippen LogP contribution >= 0.6 is 0 Å². The average Bonchev–Trinajstić information content (AvgIpc) is 2.33. The lowest BCUT2D eigenvalue weighted by atomic mass is 9.97. The van der Waals surface area contributed by atoms with Crippen molar-refractivity contribution in [1.29, 1.82) is 0 Å². The third kappa shape index (κ3) is 6.02. The molecule has 0 radical (unpaired) electrons. The Morgan fingerprint density at radius 3 is 2.37 bits per heavy atom. The quantitative estimate of drug-likeness (QED) is 0.605. The molecule has 0 atom stereocenters. The highest BCUT2D eigenvalue weighted by molar-refractivity contribution is 7.90. The molecule has 0 unspecified atom stereocenters. The molecule has 0 aromatic heterocycles. The number of amides is 1. The van der Waals surface area contributed by atoms with Gasteiger partial charge in [-0.25, -0.2) is 8.42 Å². The number of piperidine rings is 1. The fourth-order valence-electron chi connectivity index (χ4n) is 1.94. The Kier molecular flexibility index (Phi) is 5.74. The molecule has 0 saturated carbocycles. The molecule has 1 rings (SSSR count). The molecule has 1 saturated heterocycles. The highest BCUT2D eigenvalue weighted by Crippen LogP contribution is 2.16. The molecule has 0 aromatic rings. The van der Waals surface area contributed by atoms with Crippen LogP contribution in [0.3, 0.4) is 0 Å². The maximum Gasteiger partial charge on any atom is 0.306 e. The maximum absolute atomic E-state index is 11.8. The summed E-state index contributed by atoms with van der Waals surface area (Å²) in [6.45, 7) is 1.23. The first-order valence-electron chi connectivity index (χ1n) is 6.18. The fourth-order valence-corrected chi connectivity index (χ4v) is 2.46. The topological polar surface area (TPSA) is 104 Å². The number of aliphatic carboxylic acids is 1. The lowest BCUT2D eigenvalue weighted by Crippen LogP contribution is -2.44. The molecular weight excluding hydrogens is 272 g/mol. The minimum atomic E-state index is -3.02. The Bertz CT molecular complexity index is 426. The molecule has 0 spiro atoms. The van der Waals surface area contributed by atoms with Crippen molar-refractivity contribution >= 4 is 21.7 Å². The summed E-state index contributed by atoms with van der Waals surface area (Å²) in [5.74, 6) is -1.28. The molecule has 1 fully saturated rings. The molecule has 1 aliphatic rings. The number of carbonyl (C=O) groups is 2. The molecular formula is C11H20N2O5S. The summed E-state index contributed by atoms with van der Waals surface area (Å²) < 4.78 is 21.8. The average molecular weight is 292 g/mol. The van der Waals surface area contributed by atoms with Crippen molar-refractivity contribution in [3.8, 4) is 0 Å². The van der Waals surface area contributed by atoms with Gasteiger partial charge in [-0.3, -0.25) is 9.59 Å². The first kappa shape index (κ1) is 15.9. The van der Waals surface area contributed by atoms with Gasteiger partial charge < -0.3 is 15.3 Å². The van der Waals surface area contributed by atoms with Crippen LogP contribution in [-0.2, 0) is 19.4 Å². The summed E-state index contributed by atoms with van der Waals surface area (Å²) in [4.78, 5) is 24.1. The number of carboxylic acids is 1. The van der Waals surface area contributed by atoms with Crippen molar-refractivity contribution in [3.05, 3.63) is 0 Å². The van der Waals surface area contributed by atoms with Crippen LogP contribution in [0, 0.1) is 5.92 Å². The smallest absolute Gasteiger partial charge is 0.306 e. The minimum Gasteiger partial charge on any atom is -0.481 e. The highest BCUT2D eigenvalue weighted by atomic mass is 32.2. The van der Waals surface area contributed by atoms with Crippen molar-refractivity contribution in [3.63, 3.8) is 0 Å². The summed E-state index contributed by atoms with van der Waals surface area (Å²) in [6, 6.07) is 0. The second-order valence-electron chi connectivity index (χ2n) is 4.80. The lowest BCUT2D eigenvalue weighted by Gasteiger charge is -2.30. The number of carboxylic acid groups (broad SMARTS) is 1. The number of carbonyl (C=O) groups excluding carboxylic acids is 1. The van der Waals surface area contributed by atoms with E-state index in [2.05, 4.69) is 5.32 Å². The van der Waals surface area contributed by atoms with Gasteiger partial charge in [-0.05, 0) is 12.8 Å². The van der Waals surface area contributed by atoms with Gasteiger partial charge in [0.1, 0.15) is 9.84 Å². The Balaban J connectivity index is 2.23. The Hall–Kier alpha value is -1.15. The number of hydrogen-bond donors (Lipinski definition) is 2. The zero-order chi connectivity index (χ0) is 14.5. The predicted molar refractivity (Wildman–Crippen MR) is 69.5 cm³/mol. The molecule has 19 heavy (non-hydrogen) atoms. The van der Waals surface area contributed by atoms with Gasteiger partial charge in [-0.2, -0.15) is 0 Å². The Morgan fingerprint density at radius 2 is 1.89 bits per heavy atom. The molecule has 1 aliphatic heterocycles.